The lowest BCUT2D eigenvalue weighted by Crippen LogP contribution is -2.42. The SMILES string of the molecule is Cc1ccc(OC2CCN(C(=O)CC3CCCC3)CC2)nn1. The van der Waals surface area contributed by atoms with E-state index in [2.05, 4.69) is 10.2 Å². The van der Waals surface area contributed by atoms with Gasteiger partial charge >= 0.3 is 0 Å². The van der Waals surface area contributed by atoms with E-state index in [1.54, 1.807) is 0 Å². The van der Waals surface area contributed by atoms with Gasteiger partial charge in [-0.05, 0) is 31.7 Å². The molecule has 1 saturated heterocycles. The Kier molecular flexibility index (Phi) is 4.90. The van der Waals surface area contributed by atoms with Gasteiger partial charge in [0.1, 0.15) is 6.10 Å². The van der Waals surface area contributed by atoms with Gasteiger partial charge in [0.05, 0.1) is 5.69 Å². The highest BCUT2D eigenvalue weighted by Crippen LogP contribution is 2.28. The van der Waals surface area contributed by atoms with Crippen molar-refractivity contribution in [3.8, 4) is 5.88 Å². The molecule has 1 aromatic rings. The Morgan fingerprint density at radius 1 is 1.18 bits per heavy atom. The van der Waals surface area contributed by atoms with E-state index >= 15 is 0 Å². The van der Waals surface area contributed by atoms with E-state index in [4.69, 9.17) is 4.74 Å². The molecule has 5 nitrogen and oxygen atoms in total. The molecule has 5 heteroatoms. The van der Waals surface area contributed by atoms with Gasteiger partial charge in [-0.15, -0.1) is 5.10 Å². The van der Waals surface area contributed by atoms with Crippen LogP contribution in [0.2, 0.25) is 0 Å². The standard InChI is InChI=1S/C17H25N3O2/c1-13-6-7-16(19-18-13)22-15-8-10-20(11-9-15)17(21)12-14-4-2-3-5-14/h6-7,14-15H,2-5,8-12H2,1H3. The lowest BCUT2D eigenvalue weighted by molar-refractivity contribution is -0.134. The summed E-state index contributed by atoms with van der Waals surface area (Å²) >= 11 is 0. The van der Waals surface area contributed by atoms with Crippen LogP contribution in [0, 0.1) is 12.8 Å². The summed E-state index contributed by atoms with van der Waals surface area (Å²) < 4.78 is 5.86. The normalized spacial score (nSPS) is 20.3. The molecule has 1 saturated carbocycles. The smallest absolute Gasteiger partial charge is 0.233 e. The highest BCUT2D eigenvalue weighted by molar-refractivity contribution is 5.76. The lowest BCUT2D eigenvalue weighted by Gasteiger charge is -2.32. The molecule has 0 spiro atoms. The summed E-state index contributed by atoms with van der Waals surface area (Å²) in [5.74, 6) is 1.55. The van der Waals surface area contributed by atoms with E-state index < -0.39 is 0 Å². The number of rotatable bonds is 4. The van der Waals surface area contributed by atoms with E-state index in [-0.39, 0.29) is 6.10 Å². The summed E-state index contributed by atoms with van der Waals surface area (Å²) in [5.41, 5.74) is 0.889. The first-order chi connectivity index (χ1) is 10.7. The largest absolute Gasteiger partial charge is 0.473 e. The maximum Gasteiger partial charge on any atom is 0.233 e. The number of amides is 1. The van der Waals surface area contributed by atoms with Crippen molar-refractivity contribution >= 4 is 5.91 Å². The fraction of sp³-hybridized carbons (Fsp3) is 0.706. The second kappa shape index (κ2) is 7.07. The fourth-order valence-electron chi connectivity index (χ4n) is 3.43. The van der Waals surface area contributed by atoms with Crippen molar-refractivity contribution in [1.29, 1.82) is 0 Å². The van der Waals surface area contributed by atoms with Crippen molar-refractivity contribution in [2.75, 3.05) is 13.1 Å². The Morgan fingerprint density at radius 2 is 1.91 bits per heavy atom. The molecule has 0 unspecified atom stereocenters. The molecule has 1 aliphatic carbocycles. The molecule has 22 heavy (non-hydrogen) atoms. The predicted molar refractivity (Wildman–Crippen MR) is 83.6 cm³/mol. The second-order valence-corrected chi connectivity index (χ2v) is 6.57. The summed E-state index contributed by atoms with van der Waals surface area (Å²) in [6.45, 7) is 3.51. The summed E-state index contributed by atoms with van der Waals surface area (Å²) in [6.07, 6.45) is 7.71. The van der Waals surface area contributed by atoms with Crippen LogP contribution in [0.3, 0.4) is 0 Å². The molecule has 2 fully saturated rings. The third kappa shape index (κ3) is 3.96. The van der Waals surface area contributed by atoms with E-state index in [0.29, 0.717) is 17.7 Å². The van der Waals surface area contributed by atoms with Gasteiger partial charge < -0.3 is 9.64 Å². The number of hydrogen-bond donors (Lipinski definition) is 0. The second-order valence-electron chi connectivity index (χ2n) is 6.57. The van der Waals surface area contributed by atoms with Crippen LogP contribution in [0.4, 0.5) is 0 Å². The number of carbonyl (C=O) groups excluding carboxylic acids is 1. The molecule has 2 heterocycles. The fourth-order valence-corrected chi connectivity index (χ4v) is 3.43. The van der Waals surface area contributed by atoms with Crippen LogP contribution in [0.15, 0.2) is 12.1 Å². The molecule has 1 amide bonds. The third-order valence-corrected chi connectivity index (χ3v) is 4.79. The highest BCUT2D eigenvalue weighted by Gasteiger charge is 2.26. The maximum atomic E-state index is 12.3. The average molecular weight is 303 g/mol. The van der Waals surface area contributed by atoms with Crippen LogP contribution in [0.1, 0.15) is 50.6 Å². The summed E-state index contributed by atoms with van der Waals surface area (Å²) in [7, 11) is 0. The Hall–Kier alpha value is -1.65. The molecule has 0 radical (unpaired) electrons. The Bertz CT molecular complexity index is 489. The molecule has 1 aromatic heterocycles. The quantitative estimate of drug-likeness (QED) is 0.858. The predicted octanol–water partition coefficient (Wildman–Crippen LogP) is 2.74. The summed E-state index contributed by atoms with van der Waals surface area (Å²) in [5, 5.41) is 8.05. The Morgan fingerprint density at radius 3 is 2.55 bits per heavy atom. The van der Waals surface area contributed by atoms with Gasteiger partial charge in [0, 0.05) is 38.4 Å². The lowest BCUT2D eigenvalue weighted by atomic mass is 10.0. The molecule has 1 aliphatic heterocycles. The van der Waals surface area contributed by atoms with Gasteiger partial charge in [0.2, 0.25) is 11.8 Å². The Balaban J connectivity index is 1.43. The van der Waals surface area contributed by atoms with E-state index in [1.165, 1.54) is 25.7 Å². The van der Waals surface area contributed by atoms with Crippen LogP contribution in [-0.4, -0.2) is 40.2 Å². The molecular weight excluding hydrogens is 278 g/mol. The topological polar surface area (TPSA) is 55.3 Å². The van der Waals surface area contributed by atoms with E-state index in [9.17, 15) is 4.79 Å². The van der Waals surface area contributed by atoms with Crippen LogP contribution in [0.25, 0.3) is 0 Å². The summed E-state index contributed by atoms with van der Waals surface area (Å²) in [4.78, 5) is 14.3. The maximum absolute atomic E-state index is 12.3. The molecule has 0 bridgehead atoms. The number of hydrogen-bond acceptors (Lipinski definition) is 4. The minimum Gasteiger partial charge on any atom is -0.473 e. The molecular formula is C17H25N3O2. The first kappa shape index (κ1) is 15.3. The number of nitrogens with zero attached hydrogens (tertiary/aromatic N) is 3. The molecule has 2 aliphatic rings. The van der Waals surface area contributed by atoms with Gasteiger partial charge in [-0.1, -0.05) is 12.8 Å². The number of aromatic nitrogens is 2. The van der Waals surface area contributed by atoms with Crippen LogP contribution >= 0.6 is 0 Å². The number of ether oxygens (including phenoxy) is 1. The average Bonchev–Trinajstić information content (AvgIpc) is 3.03. The van der Waals surface area contributed by atoms with Crippen molar-refractivity contribution in [3.63, 3.8) is 0 Å². The summed E-state index contributed by atoms with van der Waals surface area (Å²) in [6, 6.07) is 3.77. The van der Waals surface area contributed by atoms with Crippen LogP contribution < -0.4 is 4.74 Å². The minimum atomic E-state index is 0.146. The zero-order valence-corrected chi connectivity index (χ0v) is 13.3. The van der Waals surface area contributed by atoms with Crippen molar-refractivity contribution < 1.29 is 9.53 Å². The van der Waals surface area contributed by atoms with Crippen molar-refractivity contribution in [3.05, 3.63) is 17.8 Å². The number of likely N-dealkylation sites (tertiary alicyclic amines) is 1. The molecule has 0 aromatic carbocycles. The highest BCUT2D eigenvalue weighted by atomic mass is 16.5. The molecule has 0 N–H and O–H groups in total. The zero-order chi connectivity index (χ0) is 15.4. The Labute approximate surface area is 132 Å². The van der Waals surface area contributed by atoms with Crippen molar-refractivity contribution in [2.45, 2.75) is 58.0 Å². The van der Waals surface area contributed by atoms with Gasteiger partial charge in [-0.3, -0.25) is 4.79 Å². The zero-order valence-electron chi connectivity index (χ0n) is 13.3. The molecule has 3 rings (SSSR count). The molecule has 120 valence electrons. The number of carbonyl (C=O) groups is 1. The van der Waals surface area contributed by atoms with Gasteiger partial charge in [-0.25, -0.2) is 0 Å². The van der Waals surface area contributed by atoms with Gasteiger partial charge in [-0.2, -0.15) is 5.10 Å². The first-order valence-electron chi connectivity index (χ1n) is 8.45. The van der Waals surface area contributed by atoms with Gasteiger partial charge in [0.25, 0.3) is 0 Å². The minimum absolute atomic E-state index is 0.146. The van der Waals surface area contributed by atoms with Gasteiger partial charge in [0.15, 0.2) is 0 Å². The molecule has 0 atom stereocenters. The van der Waals surface area contributed by atoms with Crippen molar-refractivity contribution in [1.82, 2.24) is 15.1 Å². The van der Waals surface area contributed by atoms with E-state index in [0.717, 1.165) is 38.0 Å². The number of piperidine rings is 1. The van der Waals surface area contributed by atoms with E-state index in [1.807, 2.05) is 24.0 Å². The first-order valence-corrected chi connectivity index (χ1v) is 8.45. The monoisotopic (exact) mass is 303 g/mol. The third-order valence-electron chi connectivity index (χ3n) is 4.79. The van der Waals surface area contributed by atoms with Crippen LogP contribution in [-0.2, 0) is 4.79 Å². The number of aryl methyl sites for hydroxylation is 1. The van der Waals surface area contributed by atoms with Crippen molar-refractivity contribution in [2.24, 2.45) is 5.92 Å². The van der Waals surface area contributed by atoms with Crippen LogP contribution in [0.5, 0.6) is 5.88 Å².